The molecule has 6 heteroatoms. The SMILES string of the molecule is CC(C)N(C)S(=O)(=O)C(C)C(N)=S. The largest absolute Gasteiger partial charge is 0.392 e. The molecule has 0 fully saturated rings. The van der Waals surface area contributed by atoms with Gasteiger partial charge < -0.3 is 5.73 Å². The molecule has 0 aliphatic heterocycles. The molecule has 0 aromatic carbocycles. The second kappa shape index (κ2) is 4.34. The molecule has 0 bridgehead atoms. The Hall–Kier alpha value is -0.200. The first-order valence-corrected chi connectivity index (χ1v) is 5.88. The van der Waals surface area contributed by atoms with Crippen LogP contribution < -0.4 is 5.73 Å². The molecule has 13 heavy (non-hydrogen) atoms. The van der Waals surface area contributed by atoms with Crippen molar-refractivity contribution in [3.63, 3.8) is 0 Å². The van der Waals surface area contributed by atoms with Crippen LogP contribution in [0.5, 0.6) is 0 Å². The Balaban J connectivity index is 4.88. The molecule has 0 rings (SSSR count). The minimum absolute atomic E-state index is 0.00694. The van der Waals surface area contributed by atoms with Crippen molar-refractivity contribution in [2.45, 2.75) is 32.1 Å². The van der Waals surface area contributed by atoms with Crippen molar-refractivity contribution in [1.29, 1.82) is 0 Å². The molecule has 1 unspecified atom stereocenters. The Bertz CT molecular complexity index is 285. The van der Waals surface area contributed by atoms with E-state index >= 15 is 0 Å². The molecule has 0 saturated carbocycles. The fourth-order valence-electron chi connectivity index (χ4n) is 0.690. The van der Waals surface area contributed by atoms with Gasteiger partial charge in [0.1, 0.15) is 5.25 Å². The van der Waals surface area contributed by atoms with Crippen LogP contribution >= 0.6 is 12.2 Å². The van der Waals surface area contributed by atoms with Crippen LogP contribution in [0.15, 0.2) is 0 Å². The molecule has 0 radical (unpaired) electrons. The van der Waals surface area contributed by atoms with E-state index in [2.05, 4.69) is 12.2 Å². The number of nitrogens with two attached hydrogens (primary N) is 1. The van der Waals surface area contributed by atoms with Crippen LogP contribution in [0.2, 0.25) is 0 Å². The Morgan fingerprint density at radius 2 is 1.77 bits per heavy atom. The van der Waals surface area contributed by atoms with Gasteiger partial charge in [0, 0.05) is 13.1 Å². The normalized spacial score (nSPS) is 14.9. The first-order chi connectivity index (χ1) is 5.71. The van der Waals surface area contributed by atoms with E-state index in [1.54, 1.807) is 13.8 Å². The van der Waals surface area contributed by atoms with Crippen molar-refractivity contribution in [2.75, 3.05) is 7.05 Å². The van der Waals surface area contributed by atoms with Crippen LogP contribution in [0.4, 0.5) is 0 Å². The van der Waals surface area contributed by atoms with Crippen molar-refractivity contribution < 1.29 is 8.42 Å². The van der Waals surface area contributed by atoms with Gasteiger partial charge in [0.05, 0.1) is 4.99 Å². The third kappa shape index (κ3) is 2.89. The summed E-state index contributed by atoms with van der Waals surface area (Å²) in [5.41, 5.74) is 5.29. The molecule has 78 valence electrons. The summed E-state index contributed by atoms with van der Waals surface area (Å²) in [4.78, 5) is 0.00694. The van der Waals surface area contributed by atoms with Crippen LogP contribution in [-0.4, -0.2) is 36.1 Å². The highest BCUT2D eigenvalue weighted by Gasteiger charge is 2.29. The quantitative estimate of drug-likeness (QED) is 0.699. The molecule has 0 spiro atoms. The van der Waals surface area contributed by atoms with Crippen LogP contribution in [0, 0.1) is 0 Å². The fraction of sp³-hybridized carbons (Fsp3) is 0.857. The van der Waals surface area contributed by atoms with Crippen LogP contribution in [0.25, 0.3) is 0 Å². The van der Waals surface area contributed by atoms with Gasteiger partial charge in [0.15, 0.2) is 0 Å². The minimum atomic E-state index is -3.37. The lowest BCUT2D eigenvalue weighted by Crippen LogP contribution is -2.43. The van der Waals surface area contributed by atoms with Gasteiger partial charge in [0.25, 0.3) is 0 Å². The average Bonchev–Trinajstić information content (AvgIpc) is 2.01. The summed E-state index contributed by atoms with van der Waals surface area (Å²) in [6.45, 7) is 5.09. The molecule has 0 saturated heterocycles. The maximum absolute atomic E-state index is 11.7. The molecule has 0 aromatic heterocycles. The van der Waals surface area contributed by atoms with E-state index in [9.17, 15) is 8.42 Å². The predicted molar refractivity (Wildman–Crippen MR) is 58.1 cm³/mol. The Morgan fingerprint density at radius 1 is 1.38 bits per heavy atom. The van der Waals surface area contributed by atoms with Crippen LogP contribution in [0.1, 0.15) is 20.8 Å². The summed E-state index contributed by atoms with van der Waals surface area (Å²) in [5.74, 6) is 0. The van der Waals surface area contributed by atoms with Crippen LogP contribution in [0.3, 0.4) is 0 Å². The third-order valence-corrected chi connectivity index (χ3v) is 4.85. The van der Waals surface area contributed by atoms with E-state index in [0.29, 0.717) is 0 Å². The van der Waals surface area contributed by atoms with Crippen molar-refractivity contribution in [3.8, 4) is 0 Å². The van der Waals surface area contributed by atoms with Crippen molar-refractivity contribution in [2.24, 2.45) is 5.73 Å². The summed E-state index contributed by atoms with van der Waals surface area (Å²) in [5, 5.41) is -0.796. The maximum atomic E-state index is 11.7. The zero-order valence-electron chi connectivity index (χ0n) is 8.31. The first-order valence-electron chi connectivity index (χ1n) is 3.97. The first kappa shape index (κ1) is 12.8. The molecule has 4 nitrogen and oxygen atoms in total. The summed E-state index contributed by atoms with van der Waals surface area (Å²) in [6, 6.07) is -0.0817. The molecule has 1 atom stereocenters. The van der Waals surface area contributed by atoms with E-state index in [-0.39, 0.29) is 11.0 Å². The van der Waals surface area contributed by atoms with Crippen LogP contribution in [-0.2, 0) is 10.0 Å². The zero-order valence-corrected chi connectivity index (χ0v) is 9.95. The maximum Gasteiger partial charge on any atom is 0.223 e. The smallest absolute Gasteiger partial charge is 0.223 e. The summed E-state index contributed by atoms with van der Waals surface area (Å²) in [6.07, 6.45) is 0. The molecular weight excluding hydrogens is 208 g/mol. The molecule has 2 N–H and O–H groups in total. The fourth-order valence-corrected chi connectivity index (χ4v) is 2.43. The number of hydrogen-bond donors (Lipinski definition) is 1. The number of rotatable bonds is 4. The Kier molecular flexibility index (Phi) is 4.28. The third-order valence-electron chi connectivity index (χ3n) is 1.98. The van der Waals surface area contributed by atoms with Gasteiger partial charge in [-0.05, 0) is 20.8 Å². The number of thiocarbonyl (C=S) groups is 1. The summed E-state index contributed by atoms with van der Waals surface area (Å²) in [7, 11) is -1.85. The van der Waals surface area contributed by atoms with Gasteiger partial charge in [-0.1, -0.05) is 12.2 Å². The second-order valence-corrected chi connectivity index (χ2v) is 5.98. The molecule has 0 aliphatic rings. The van der Waals surface area contributed by atoms with Gasteiger partial charge >= 0.3 is 0 Å². The standard InChI is InChI=1S/C7H16N2O2S2/c1-5(2)9(4)13(10,11)6(3)7(8)12/h5-6H,1-4H3,(H2,8,12). The summed E-state index contributed by atoms with van der Waals surface area (Å²) < 4.78 is 24.6. The number of sulfonamides is 1. The van der Waals surface area contributed by atoms with E-state index < -0.39 is 15.3 Å². The molecule has 0 amide bonds. The van der Waals surface area contributed by atoms with Crippen molar-refractivity contribution >= 4 is 27.2 Å². The second-order valence-electron chi connectivity index (χ2n) is 3.20. The minimum Gasteiger partial charge on any atom is -0.392 e. The summed E-state index contributed by atoms with van der Waals surface area (Å²) >= 11 is 4.64. The van der Waals surface area contributed by atoms with Gasteiger partial charge in [-0.15, -0.1) is 0 Å². The van der Waals surface area contributed by atoms with E-state index in [4.69, 9.17) is 5.73 Å². The molecule has 0 heterocycles. The average molecular weight is 224 g/mol. The lowest BCUT2D eigenvalue weighted by molar-refractivity contribution is 0.409. The van der Waals surface area contributed by atoms with E-state index in [1.807, 2.05) is 0 Å². The van der Waals surface area contributed by atoms with Gasteiger partial charge in [-0.25, -0.2) is 12.7 Å². The monoisotopic (exact) mass is 224 g/mol. The number of hydrogen-bond acceptors (Lipinski definition) is 3. The topological polar surface area (TPSA) is 63.4 Å². The lowest BCUT2D eigenvalue weighted by Gasteiger charge is -2.24. The Morgan fingerprint density at radius 3 is 2.00 bits per heavy atom. The molecule has 0 aliphatic carbocycles. The molecule has 0 aromatic rings. The highest BCUT2D eigenvalue weighted by atomic mass is 32.2. The molecular formula is C7H16N2O2S2. The van der Waals surface area contributed by atoms with E-state index in [1.165, 1.54) is 18.3 Å². The predicted octanol–water partition coefficient (Wildman–Crippen LogP) is 0.331. The van der Waals surface area contributed by atoms with Crippen molar-refractivity contribution in [3.05, 3.63) is 0 Å². The highest BCUT2D eigenvalue weighted by Crippen LogP contribution is 2.10. The van der Waals surface area contributed by atoms with E-state index in [0.717, 1.165) is 0 Å². The number of nitrogens with zero attached hydrogens (tertiary/aromatic N) is 1. The lowest BCUT2D eigenvalue weighted by atomic mass is 10.4. The van der Waals surface area contributed by atoms with Gasteiger partial charge in [-0.3, -0.25) is 0 Å². The zero-order chi connectivity index (χ0) is 10.8. The van der Waals surface area contributed by atoms with Gasteiger partial charge in [-0.2, -0.15) is 0 Å². The Labute approximate surface area is 85.1 Å². The van der Waals surface area contributed by atoms with Crippen molar-refractivity contribution in [1.82, 2.24) is 4.31 Å². The highest BCUT2D eigenvalue weighted by molar-refractivity contribution is 7.92. The van der Waals surface area contributed by atoms with Gasteiger partial charge in [0.2, 0.25) is 10.0 Å².